The highest BCUT2D eigenvalue weighted by molar-refractivity contribution is 7.71. The summed E-state index contributed by atoms with van der Waals surface area (Å²) in [6, 6.07) is 8.83. The number of carbonyl (C=O) groups excluding carboxylic acids is 1. The summed E-state index contributed by atoms with van der Waals surface area (Å²) in [5, 5.41) is 5.31. The van der Waals surface area contributed by atoms with Crippen molar-refractivity contribution >= 4 is 40.4 Å². The Hall–Kier alpha value is -2.51. The Bertz CT molecular complexity index is 1020. The second-order valence-corrected chi connectivity index (χ2v) is 6.58. The fourth-order valence-corrected chi connectivity index (χ4v) is 3.29. The van der Waals surface area contributed by atoms with E-state index in [9.17, 15) is 9.59 Å². The first-order valence-electron chi connectivity index (χ1n) is 7.28. The average Bonchev–Trinajstić information content (AvgIpc) is 3.09. The van der Waals surface area contributed by atoms with Crippen LogP contribution in [-0.2, 0) is 13.1 Å². The molecule has 0 saturated carbocycles. The molecule has 7 heteroatoms. The summed E-state index contributed by atoms with van der Waals surface area (Å²) in [7, 11) is 0. The zero-order valence-electron chi connectivity index (χ0n) is 12.7. The molecule has 0 aliphatic heterocycles. The smallest absolute Gasteiger partial charge is 0.262 e. The van der Waals surface area contributed by atoms with Crippen LogP contribution in [0.15, 0.2) is 53.2 Å². The SMILES string of the molecule is C=CCn1c(=S)[nH]c2cc(C(=O)NCc3cccs3)ccc2c1=O. The topological polar surface area (TPSA) is 66.9 Å². The Labute approximate surface area is 147 Å². The molecule has 1 aromatic carbocycles. The van der Waals surface area contributed by atoms with Crippen molar-refractivity contribution in [2.75, 3.05) is 0 Å². The molecule has 0 bridgehead atoms. The average molecular weight is 357 g/mol. The Morgan fingerprint density at radius 3 is 2.96 bits per heavy atom. The second-order valence-electron chi connectivity index (χ2n) is 5.16. The van der Waals surface area contributed by atoms with E-state index < -0.39 is 0 Å². The minimum absolute atomic E-state index is 0.195. The van der Waals surface area contributed by atoms with Crippen LogP contribution in [0.1, 0.15) is 15.2 Å². The number of hydrogen-bond donors (Lipinski definition) is 2. The van der Waals surface area contributed by atoms with E-state index in [2.05, 4.69) is 16.9 Å². The van der Waals surface area contributed by atoms with E-state index in [1.807, 2.05) is 17.5 Å². The third kappa shape index (κ3) is 3.22. The number of rotatable bonds is 5. The molecular formula is C17H15N3O2S2. The second kappa shape index (κ2) is 6.94. The van der Waals surface area contributed by atoms with Crippen LogP contribution in [0.2, 0.25) is 0 Å². The number of carbonyl (C=O) groups is 1. The van der Waals surface area contributed by atoms with Crippen LogP contribution in [0.25, 0.3) is 10.9 Å². The molecule has 0 aliphatic rings. The Kier molecular flexibility index (Phi) is 4.73. The van der Waals surface area contributed by atoms with E-state index in [4.69, 9.17) is 12.2 Å². The van der Waals surface area contributed by atoms with Crippen LogP contribution in [-0.4, -0.2) is 15.5 Å². The van der Waals surface area contributed by atoms with Gasteiger partial charge in [-0.15, -0.1) is 17.9 Å². The third-order valence-corrected chi connectivity index (χ3v) is 4.76. The number of nitrogens with zero attached hydrogens (tertiary/aromatic N) is 1. The first kappa shape index (κ1) is 16.4. The summed E-state index contributed by atoms with van der Waals surface area (Å²) in [5.41, 5.74) is 0.832. The van der Waals surface area contributed by atoms with Crippen LogP contribution in [0.5, 0.6) is 0 Å². The molecule has 1 amide bonds. The van der Waals surface area contributed by atoms with Gasteiger partial charge in [-0.25, -0.2) is 0 Å². The van der Waals surface area contributed by atoms with Crippen molar-refractivity contribution in [2.45, 2.75) is 13.1 Å². The predicted molar refractivity (Wildman–Crippen MR) is 99.1 cm³/mol. The molecule has 0 aliphatic carbocycles. The van der Waals surface area contributed by atoms with E-state index in [1.54, 1.807) is 35.6 Å². The van der Waals surface area contributed by atoms with Crippen molar-refractivity contribution in [3.8, 4) is 0 Å². The van der Waals surface area contributed by atoms with E-state index in [0.717, 1.165) is 4.88 Å². The Morgan fingerprint density at radius 1 is 1.42 bits per heavy atom. The molecule has 2 N–H and O–H groups in total. The largest absolute Gasteiger partial charge is 0.347 e. The fraction of sp³-hybridized carbons (Fsp3) is 0.118. The monoisotopic (exact) mass is 357 g/mol. The molecule has 0 saturated heterocycles. The normalized spacial score (nSPS) is 10.7. The molecule has 0 radical (unpaired) electrons. The maximum atomic E-state index is 12.4. The summed E-state index contributed by atoms with van der Waals surface area (Å²) in [4.78, 5) is 28.8. The van der Waals surface area contributed by atoms with Crippen LogP contribution >= 0.6 is 23.6 Å². The van der Waals surface area contributed by atoms with Crippen molar-refractivity contribution in [3.63, 3.8) is 0 Å². The van der Waals surface area contributed by atoms with Crippen LogP contribution in [0, 0.1) is 4.77 Å². The quantitative estimate of drug-likeness (QED) is 0.544. The van der Waals surface area contributed by atoms with Gasteiger partial charge in [-0.2, -0.15) is 0 Å². The van der Waals surface area contributed by atoms with Crippen molar-refractivity contribution in [2.24, 2.45) is 0 Å². The predicted octanol–water partition coefficient (Wildman–Crippen LogP) is 3.24. The highest BCUT2D eigenvalue weighted by Crippen LogP contribution is 2.12. The number of allylic oxidation sites excluding steroid dienone is 1. The van der Waals surface area contributed by atoms with Crippen LogP contribution in [0.3, 0.4) is 0 Å². The molecule has 3 rings (SSSR count). The summed E-state index contributed by atoms with van der Waals surface area (Å²) in [5.74, 6) is -0.195. The fourth-order valence-electron chi connectivity index (χ4n) is 2.37. The number of nitrogens with one attached hydrogen (secondary N) is 2. The van der Waals surface area contributed by atoms with Gasteiger partial charge in [-0.3, -0.25) is 14.2 Å². The van der Waals surface area contributed by atoms with Crippen molar-refractivity contribution in [3.05, 3.63) is 73.9 Å². The molecule has 2 heterocycles. The highest BCUT2D eigenvalue weighted by atomic mass is 32.1. The van der Waals surface area contributed by atoms with E-state index in [1.165, 1.54) is 4.57 Å². The molecule has 3 aromatic rings. The Morgan fingerprint density at radius 2 is 2.25 bits per heavy atom. The summed E-state index contributed by atoms with van der Waals surface area (Å²) in [6.07, 6.45) is 1.61. The maximum Gasteiger partial charge on any atom is 0.262 e. The highest BCUT2D eigenvalue weighted by Gasteiger charge is 2.10. The lowest BCUT2D eigenvalue weighted by molar-refractivity contribution is 0.0951. The minimum atomic E-state index is -0.195. The van der Waals surface area contributed by atoms with Gasteiger partial charge < -0.3 is 10.3 Å². The zero-order valence-corrected chi connectivity index (χ0v) is 14.4. The van der Waals surface area contributed by atoms with E-state index in [0.29, 0.717) is 34.3 Å². The molecule has 0 unspecified atom stereocenters. The molecule has 0 atom stereocenters. The molecule has 122 valence electrons. The molecule has 0 fully saturated rings. The van der Waals surface area contributed by atoms with Gasteiger partial charge in [0.2, 0.25) is 0 Å². The number of fused-ring (bicyclic) bond motifs is 1. The number of aromatic nitrogens is 2. The Balaban J connectivity index is 1.92. The number of amides is 1. The van der Waals surface area contributed by atoms with Crippen molar-refractivity contribution in [1.82, 2.24) is 14.9 Å². The number of H-pyrrole nitrogens is 1. The van der Waals surface area contributed by atoms with Gasteiger partial charge in [0.05, 0.1) is 17.4 Å². The van der Waals surface area contributed by atoms with Gasteiger partial charge in [0, 0.05) is 17.0 Å². The summed E-state index contributed by atoms with van der Waals surface area (Å²) < 4.78 is 1.74. The molecule has 5 nitrogen and oxygen atoms in total. The van der Waals surface area contributed by atoms with Gasteiger partial charge in [-0.05, 0) is 41.9 Å². The number of thiophene rings is 1. The van der Waals surface area contributed by atoms with E-state index >= 15 is 0 Å². The molecule has 0 spiro atoms. The number of benzene rings is 1. The third-order valence-electron chi connectivity index (χ3n) is 3.56. The van der Waals surface area contributed by atoms with Gasteiger partial charge in [0.25, 0.3) is 11.5 Å². The number of hydrogen-bond acceptors (Lipinski definition) is 4. The summed E-state index contributed by atoms with van der Waals surface area (Å²) >= 11 is 6.79. The lowest BCUT2D eigenvalue weighted by Gasteiger charge is -2.08. The van der Waals surface area contributed by atoms with Gasteiger partial charge in [0.1, 0.15) is 0 Å². The molecule has 24 heavy (non-hydrogen) atoms. The van der Waals surface area contributed by atoms with Gasteiger partial charge >= 0.3 is 0 Å². The zero-order chi connectivity index (χ0) is 17.1. The minimum Gasteiger partial charge on any atom is -0.347 e. The first-order chi connectivity index (χ1) is 11.6. The lowest BCUT2D eigenvalue weighted by atomic mass is 10.1. The lowest BCUT2D eigenvalue weighted by Crippen LogP contribution is -2.24. The van der Waals surface area contributed by atoms with Gasteiger partial charge in [0.15, 0.2) is 4.77 Å². The van der Waals surface area contributed by atoms with E-state index in [-0.39, 0.29) is 11.5 Å². The number of aromatic amines is 1. The van der Waals surface area contributed by atoms with Crippen LogP contribution < -0.4 is 10.9 Å². The van der Waals surface area contributed by atoms with Crippen molar-refractivity contribution in [1.29, 1.82) is 0 Å². The standard InChI is InChI=1S/C17H15N3O2S2/c1-2-7-20-16(22)13-6-5-11(9-14(13)19-17(20)23)15(21)18-10-12-4-3-8-24-12/h2-6,8-9H,1,7,10H2,(H,18,21)(H,19,23). The summed E-state index contributed by atoms with van der Waals surface area (Å²) in [6.45, 7) is 4.44. The van der Waals surface area contributed by atoms with Gasteiger partial charge in [-0.1, -0.05) is 12.1 Å². The first-order valence-corrected chi connectivity index (χ1v) is 8.57. The molecule has 2 aromatic heterocycles. The maximum absolute atomic E-state index is 12.4. The van der Waals surface area contributed by atoms with Crippen molar-refractivity contribution < 1.29 is 4.79 Å². The molecular weight excluding hydrogens is 342 g/mol. The van der Waals surface area contributed by atoms with Crippen LogP contribution in [0.4, 0.5) is 0 Å².